The van der Waals surface area contributed by atoms with Crippen molar-refractivity contribution < 1.29 is 32.7 Å². The maximum Gasteiger partial charge on any atom is 0 e. The summed E-state index contributed by atoms with van der Waals surface area (Å²) in [6.07, 6.45) is 0. The Labute approximate surface area is 80.0 Å². The summed E-state index contributed by atoms with van der Waals surface area (Å²) in [7, 11) is 0. The molecule has 0 fully saturated rings. The summed E-state index contributed by atoms with van der Waals surface area (Å²) in [6.45, 7) is 3.76. The monoisotopic (exact) mass is 196 g/mol. The molecule has 1 aromatic heterocycles. The second kappa shape index (κ2) is 4.07. The van der Waals surface area contributed by atoms with Crippen molar-refractivity contribution in [3.8, 4) is 0 Å². The second-order valence-corrected chi connectivity index (χ2v) is 1.72. The topological polar surface area (TPSA) is 25.8 Å². The van der Waals surface area contributed by atoms with Crippen molar-refractivity contribution in [2.24, 2.45) is 0 Å². The number of aromatic nitrogens is 2. The number of aryl methyl sites for hydroxylation is 2. The van der Waals surface area contributed by atoms with Crippen molar-refractivity contribution in [3.63, 3.8) is 0 Å². The van der Waals surface area contributed by atoms with Crippen LogP contribution in [-0.4, -0.2) is 10.2 Å². The molecule has 0 aliphatic heterocycles. The molecule has 0 aliphatic carbocycles. The number of hydrogen-bond acceptors (Lipinski definition) is 2. The second-order valence-electron chi connectivity index (χ2n) is 1.72. The predicted octanol–water partition coefficient (Wildman–Crippen LogP) is 0.891. The average Bonchev–Trinajstić information content (AvgIpc) is 1.77. The zero-order chi connectivity index (χ0) is 5.98. The smallest absolute Gasteiger partial charge is 0 e. The molecule has 1 rings (SSSR count). The maximum atomic E-state index is 3.80. The fourth-order valence-corrected chi connectivity index (χ4v) is 0.420. The molecule has 0 bridgehead atoms. The van der Waals surface area contributed by atoms with Gasteiger partial charge in [0.25, 0.3) is 0 Å². The molecule has 2 nitrogen and oxygen atoms in total. The van der Waals surface area contributed by atoms with E-state index in [0.29, 0.717) is 0 Å². The zero-order valence-electron chi connectivity index (χ0n) is 5.55. The third-order valence-corrected chi connectivity index (χ3v) is 0.848. The van der Waals surface area contributed by atoms with Gasteiger partial charge in [0.1, 0.15) is 0 Å². The standard InChI is InChI=1S/C6H7N2.Y/c1-5-3-4-6(2)8-7-5;/h3H,1-2H3;/q-1;. The van der Waals surface area contributed by atoms with Gasteiger partial charge in [0.2, 0.25) is 0 Å². The van der Waals surface area contributed by atoms with E-state index in [4.69, 9.17) is 0 Å². The SMILES string of the molecule is Cc1[c-]cc(C)nn1.[Y]. The molecular formula is C6H7N2Y-. The van der Waals surface area contributed by atoms with Gasteiger partial charge in [0.05, 0.1) is 0 Å². The largest absolute Gasteiger partial charge is 0.255 e. The molecule has 0 spiro atoms. The minimum Gasteiger partial charge on any atom is -0.255 e. The van der Waals surface area contributed by atoms with Crippen LogP contribution in [0.5, 0.6) is 0 Å². The van der Waals surface area contributed by atoms with E-state index in [2.05, 4.69) is 16.3 Å². The summed E-state index contributed by atoms with van der Waals surface area (Å²) >= 11 is 0. The van der Waals surface area contributed by atoms with Crippen molar-refractivity contribution >= 4 is 0 Å². The van der Waals surface area contributed by atoms with Gasteiger partial charge < -0.3 is 0 Å². The molecule has 0 atom stereocenters. The first-order valence-corrected chi connectivity index (χ1v) is 2.47. The van der Waals surface area contributed by atoms with Crippen molar-refractivity contribution in [2.75, 3.05) is 0 Å². The third-order valence-electron chi connectivity index (χ3n) is 0.848. The summed E-state index contributed by atoms with van der Waals surface area (Å²) in [4.78, 5) is 0. The van der Waals surface area contributed by atoms with Gasteiger partial charge in [0, 0.05) is 32.7 Å². The molecule has 9 heavy (non-hydrogen) atoms. The Morgan fingerprint density at radius 3 is 2.33 bits per heavy atom. The Bertz CT molecular complexity index is 150. The Kier molecular flexibility index (Phi) is 4.16. The fraction of sp³-hybridized carbons (Fsp3) is 0.333. The number of hydrogen-bond donors (Lipinski definition) is 0. The first-order valence-electron chi connectivity index (χ1n) is 2.47. The number of rotatable bonds is 0. The summed E-state index contributed by atoms with van der Waals surface area (Å²) in [6, 6.07) is 4.75. The van der Waals surface area contributed by atoms with Crippen LogP contribution in [-0.2, 0) is 32.7 Å². The van der Waals surface area contributed by atoms with E-state index in [1.807, 2.05) is 19.9 Å². The van der Waals surface area contributed by atoms with Crippen molar-refractivity contribution in [2.45, 2.75) is 13.8 Å². The molecule has 1 heterocycles. The molecule has 0 aromatic carbocycles. The Balaban J connectivity index is 0.000000640. The van der Waals surface area contributed by atoms with E-state index in [1.165, 1.54) is 0 Å². The molecule has 0 N–H and O–H groups in total. The molecule has 3 heteroatoms. The predicted molar refractivity (Wildman–Crippen MR) is 30.3 cm³/mol. The Hall–Kier alpha value is 0.184. The van der Waals surface area contributed by atoms with Crippen LogP contribution in [0.4, 0.5) is 0 Å². The van der Waals surface area contributed by atoms with Crippen molar-refractivity contribution in [3.05, 3.63) is 23.5 Å². The van der Waals surface area contributed by atoms with Gasteiger partial charge in [-0.05, 0) is 12.6 Å². The van der Waals surface area contributed by atoms with Crippen LogP contribution >= 0.6 is 0 Å². The first-order chi connectivity index (χ1) is 3.79. The van der Waals surface area contributed by atoms with E-state index >= 15 is 0 Å². The van der Waals surface area contributed by atoms with Crippen LogP contribution in [0.25, 0.3) is 0 Å². The molecule has 0 amide bonds. The van der Waals surface area contributed by atoms with E-state index in [1.54, 1.807) is 0 Å². The molecule has 1 radical (unpaired) electrons. The quantitative estimate of drug-likeness (QED) is 0.576. The Morgan fingerprint density at radius 1 is 1.33 bits per heavy atom. The van der Waals surface area contributed by atoms with Gasteiger partial charge in [-0.25, -0.2) is 12.1 Å². The van der Waals surface area contributed by atoms with Crippen molar-refractivity contribution in [1.29, 1.82) is 0 Å². The van der Waals surface area contributed by atoms with E-state index in [0.717, 1.165) is 11.4 Å². The molecular weight excluding hydrogens is 189 g/mol. The van der Waals surface area contributed by atoms with E-state index < -0.39 is 0 Å². The minimum atomic E-state index is 0. The molecule has 0 saturated carbocycles. The van der Waals surface area contributed by atoms with Crippen LogP contribution < -0.4 is 0 Å². The third kappa shape index (κ3) is 3.02. The van der Waals surface area contributed by atoms with Gasteiger partial charge in [-0.1, -0.05) is 12.6 Å². The van der Waals surface area contributed by atoms with Gasteiger partial charge in [-0.3, -0.25) is 5.10 Å². The Morgan fingerprint density at radius 2 is 2.00 bits per heavy atom. The molecule has 0 saturated heterocycles. The van der Waals surface area contributed by atoms with Gasteiger partial charge in [0.15, 0.2) is 0 Å². The summed E-state index contributed by atoms with van der Waals surface area (Å²) in [5.41, 5.74) is 1.76. The molecule has 0 unspecified atom stereocenters. The van der Waals surface area contributed by atoms with Crippen LogP contribution in [0, 0.1) is 19.9 Å². The molecule has 0 aliphatic rings. The number of nitrogens with zero attached hydrogens (tertiary/aromatic N) is 2. The normalized spacial score (nSPS) is 8.22. The fourth-order valence-electron chi connectivity index (χ4n) is 0.420. The summed E-state index contributed by atoms with van der Waals surface area (Å²) in [5, 5.41) is 7.57. The minimum absolute atomic E-state index is 0. The maximum absolute atomic E-state index is 3.80. The van der Waals surface area contributed by atoms with Gasteiger partial charge >= 0.3 is 0 Å². The van der Waals surface area contributed by atoms with E-state index in [9.17, 15) is 0 Å². The summed E-state index contributed by atoms with van der Waals surface area (Å²) < 4.78 is 0. The molecule has 1 aromatic rings. The first kappa shape index (κ1) is 9.18. The van der Waals surface area contributed by atoms with Gasteiger partial charge in [-0.2, -0.15) is 5.10 Å². The summed E-state index contributed by atoms with van der Waals surface area (Å²) in [5.74, 6) is 0. The zero-order valence-corrected chi connectivity index (χ0v) is 8.39. The van der Waals surface area contributed by atoms with Crippen LogP contribution in [0.2, 0.25) is 0 Å². The molecule has 45 valence electrons. The van der Waals surface area contributed by atoms with Crippen LogP contribution in [0.3, 0.4) is 0 Å². The average molecular weight is 196 g/mol. The van der Waals surface area contributed by atoms with Crippen molar-refractivity contribution in [1.82, 2.24) is 10.2 Å². The van der Waals surface area contributed by atoms with Crippen LogP contribution in [0.15, 0.2) is 6.07 Å². The van der Waals surface area contributed by atoms with Crippen LogP contribution in [0.1, 0.15) is 11.4 Å². The van der Waals surface area contributed by atoms with Gasteiger partial charge in [-0.15, -0.1) is 0 Å². The van der Waals surface area contributed by atoms with E-state index in [-0.39, 0.29) is 32.7 Å².